The molecule has 0 atom stereocenters. The maximum absolute atomic E-state index is 5.59. The van der Waals surface area contributed by atoms with Crippen molar-refractivity contribution in [2.45, 2.75) is 12.8 Å². The van der Waals surface area contributed by atoms with Crippen molar-refractivity contribution in [2.75, 3.05) is 27.2 Å². The van der Waals surface area contributed by atoms with Crippen LogP contribution in [-0.4, -0.2) is 32.1 Å². The second-order valence-electron chi connectivity index (χ2n) is 5.74. The topological polar surface area (TPSA) is 24.5 Å². The van der Waals surface area contributed by atoms with E-state index in [0.717, 1.165) is 31.7 Å². The summed E-state index contributed by atoms with van der Waals surface area (Å²) >= 11 is 0. The molecule has 0 heterocycles. The number of fused-ring (bicyclic) bond motifs is 3. The van der Waals surface area contributed by atoms with E-state index < -0.39 is 0 Å². The van der Waals surface area contributed by atoms with Gasteiger partial charge in [0.1, 0.15) is 0 Å². The highest BCUT2D eigenvalue weighted by Gasteiger charge is 2.16. The molecule has 1 aliphatic rings. The van der Waals surface area contributed by atoms with Gasteiger partial charge in [0.2, 0.25) is 0 Å². The van der Waals surface area contributed by atoms with Gasteiger partial charge in [0, 0.05) is 5.56 Å². The number of benzene rings is 2. The molecule has 110 valence electrons. The van der Waals surface area contributed by atoms with Crippen LogP contribution in [0.1, 0.15) is 17.5 Å². The van der Waals surface area contributed by atoms with Crippen LogP contribution >= 0.6 is 0 Å². The van der Waals surface area contributed by atoms with Crippen LogP contribution in [0.25, 0.3) is 16.5 Å². The largest absolute Gasteiger partial charge is 0.309 e. The smallest absolute Gasteiger partial charge is 0.0758 e. The van der Waals surface area contributed by atoms with E-state index in [9.17, 15) is 0 Å². The van der Waals surface area contributed by atoms with Gasteiger partial charge >= 0.3 is 0 Å². The second kappa shape index (κ2) is 6.29. The van der Waals surface area contributed by atoms with Gasteiger partial charge < -0.3 is 4.90 Å². The summed E-state index contributed by atoms with van der Waals surface area (Å²) in [5, 5.41) is 2.65. The third kappa shape index (κ3) is 3.09. The molecule has 3 heteroatoms. The van der Waals surface area contributed by atoms with Crippen molar-refractivity contribution in [1.82, 2.24) is 10.4 Å². The lowest BCUT2D eigenvalue weighted by molar-refractivity contribution is 0.0727. The van der Waals surface area contributed by atoms with Gasteiger partial charge in [0.15, 0.2) is 0 Å². The minimum absolute atomic E-state index is 0.721. The molecular weight excluding hydrogens is 260 g/mol. The number of hydroxylamine groups is 1. The lowest BCUT2D eigenvalue weighted by Crippen LogP contribution is -2.18. The number of rotatable bonds is 6. The third-order valence-corrected chi connectivity index (χ3v) is 3.87. The van der Waals surface area contributed by atoms with Crippen molar-refractivity contribution < 1.29 is 4.84 Å². The molecule has 0 fully saturated rings. The Kier molecular flexibility index (Phi) is 4.23. The van der Waals surface area contributed by atoms with E-state index in [0.29, 0.717) is 0 Å². The van der Waals surface area contributed by atoms with Crippen LogP contribution in [0.5, 0.6) is 0 Å². The van der Waals surface area contributed by atoms with Crippen molar-refractivity contribution >= 4 is 16.5 Å². The molecule has 2 aromatic rings. The van der Waals surface area contributed by atoms with Gasteiger partial charge in [0.25, 0.3) is 0 Å². The molecule has 0 radical (unpaired) electrons. The predicted octanol–water partition coefficient (Wildman–Crippen LogP) is 3.21. The van der Waals surface area contributed by atoms with E-state index in [-0.39, 0.29) is 0 Å². The van der Waals surface area contributed by atoms with Crippen molar-refractivity contribution in [3.05, 3.63) is 53.6 Å². The van der Waals surface area contributed by atoms with E-state index in [1.165, 1.54) is 21.9 Å². The summed E-state index contributed by atoms with van der Waals surface area (Å²) in [6.07, 6.45) is 4.21. The Morgan fingerprint density at radius 1 is 1.14 bits per heavy atom. The fourth-order valence-corrected chi connectivity index (χ4v) is 2.80. The average Bonchev–Trinajstić information content (AvgIpc) is 2.90. The average molecular weight is 282 g/mol. The zero-order valence-electron chi connectivity index (χ0n) is 12.7. The summed E-state index contributed by atoms with van der Waals surface area (Å²) < 4.78 is 0. The monoisotopic (exact) mass is 282 g/mol. The minimum atomic E-state index is 0.721. The molecule has 0 saturated heterocycles. The molecular formula is C18H22N2O. The summed E-state index contributed by atoms with van der Waals surface area (Å²) in [5.74, 6) is 0. The zero-order valence-corrected chi connectivity index (χ0v) is 12.7. The standard InChI is InChI=1S/C18H22N2O/c1-20(2)12-5-13-21-19-18-11-10-16-15-7-4-3-6-14(15)8-9-17(16)18/h3-4,6-9,11,19H,5,10,12-13H2,1-2H3. The molecule has 0 aliphatic heterocycles. The summed E-state index contributed by atoms with van der Waals surface area (Å²) in [5.41, 5.74) is 6.88. The van der Waals surface area contributed by atoms with E-state index in [1.807, 2.05) is 0 Å². The van der Waals surface area contributed by atoms with E-state index >= 15 is 0 Å². The number of nitrogens with zero attached hydrogens (tertiary/aromatic N) is 1. The summed E-state index contributed by atoms with van der Waals surface area (Å²) in [6, 6.07) is 12.9. The highest BCUT2D eigenvalue weighted by atomic mass is 16.6. The molecule has 0 bridgehead atoms. The fraction of sp³-hybridized carbons (Fsp3) is 0.333. The van der Waals surface area contributed by atoms with Crippen LogP contribution in [0.4, 0.5) is 0 Å². The molecule has 0 amide bonds. The number of allylic oxidation sites excluding steroid dienone is 1. The highest BCUT2D eigenvalue weighted by Crippen LogP contribution is 2.31. The molecule has 0 spiro atoms. The molecule has 3 rings (SSSR count). The first-order valence-corrected chi connectivity index (χ1v) is 7.49. The Morgan fingerprint density at radius 2 is 2.00 bits per heavy atom. The van der Waals surface area contributed by atoms with Gasteiger partial charge in [-0.3, -0.25) is 10.3 Å². The Balaban J connectivity index is 1.65. The quantitative estimate of drug-likeness (QED) is 0.650. The van der Waals surface area contributed by atoms with Gasteiger partial charge in [-0.2, -0.15) is 0 Å². The van der Waals surface area contributed by atoms with Gasteiger partial charge in [0.05, 0.1) is 12.3 Å². The van der Waals surface area contributed by atoms with Crippen molar-refractivity contribution in [3.63, 3.8) is 0 Å². The first-order chi connectivity index (χ1) is 10.3. The van der Waals surface area contributed by atoms with E-state index in [1.54, 1.807) is 0 Å². The van der Waals surface area contributed by atoms with Gasteiger partial charge in [-0.15, -0.1) is 0 Å². The van der Waals surface area contributed by atoms with Gasteiger partial charge in [-0.1, -0.05) is 42.5 Å². The predicted molar refractivity (Wildman–Crippen MR) is 87.9 cm³/mol. The van der Waals surface area contributed by atoms with Crippen LogP contribution in [0.3, 0.4) is 0 Å². The fourth-order valence-electron chi connectivity index (χ4n) is 2.80. The molecule has 0 aromatic heterocycles. The first kappa shape index (κ1) is 14.1. The van der Waals surface area contributed by atoms with Crippen LogP contribution < -0.4 is 5.48 Å². The van der Waals surface area contributed by atoms with Crippen molar-refractivity contribution in [1.29, 1.82) is 0 Å². The molecule has 0 saturated carbocycles. The Hall–Kier alpha value is -1.84. The van der Waals surface area contributed by atoms with Gasteiger partial charge in [-0.05, 0) is 49.8 Å². The number of hydrogen-bond acceptors (Lipinski definition) is 3. The van der Waals surface area contributed by atoms with Crippen LogP contribution in [0.2, 0.25) is 0 Å². The molecule has 21 heavy (non-hydrogen) atoms. The van der Waals surface area contributed by atoms with Crippen LogP contribution in [0, 0.1) is 0 Å². The zero-order chi connectivity index (χ0) is 14.7. The van der Waals surface area contributed by atoms with Crippen LogP contribution in [-0.2, 0) is 11.3 Å². The first-order valence-electron chi connectivity index (χ1n) is 7.49. The Morgan fingerprint density at radius 3 is 2.86 bits per heavy atom. The minimum Gasteiger partial charge on any atom is -0.309 e. The van der Waals surface area contributed by atoms with E-state index in [2.05, 4.69) is 66.9 Å². The maximum atomic E-state index is 5.59. The summed E-state index contributed by atoms with van der Waals surface area (Å²) in [7, 11) is 4.16. The van der Waals surface area contributed by atoms with Crippen molar-refractivity contribution in [3.8, 4) is 0 Å². The molecule has 2 aromatic carbocycles. The lowest BCUT2D eigenvalue weighted by Gasteiger charge is -2.12. The van der Waals surface area contributed by atoms with Crippen molar-refractivity contribution in [2.24, 2.45) is 0 Å². The number of nitrogens with one attached hydrogen (secondary N) is 1. The normalized spacial score (nSPS) is 13.6. The Labute approximate surface area is 126 Å². The third-order valence-electron chi connectivity index (χ3n) is 3.87. The second-order valence-corrected chi connectivity index (χ2v) is 5.74. The summed E-state index contributed by atoms with van der Waals surface area (Å²) in [6.45, 7) is 1.76. The molecule has 1 N–H and O–H groups in total. The van der Waals surface area contributed by atoms with Gasteiger partial charge in [-0.25, -0.2) is 0 Å². The highest BCUT2D eigenvalue weighted by molar-refractivity contribution is 5.92. The summed E-state index contributed by atoms with van der Waals surface area (Å²) in [4.78, 5) is 7.76. The Bertz CT molecular complexity index is 661. The molecule has 0 unspecified atom stereocenters. The SMILES string of the molecule is CN(C)CCCONC1=CCc2c1ccc1ccccc21. The lowest BCUT2D eigenvalue weighted by atomic mass is 10.00. The molecule has 1 aliphatic carbocycles. The molecule has 3 nitrogen and oxygen atoms in total. The van der Waals surface area contributed by atoms with E-state index in [4.69, 9.17) is 4.84 Å². The number of hydrogen-bond donors (Lipinski definition) is 1. The van der Waals surface area contributed by atoms with Crippen LogP contribution in [0.15, 0.2) is 42.5 Å². The maximum Gasteiger partial charge on any atom is 0.0758 e.